The molecule has 1 saturated heterocycles. The Labute approximate surface area is 121 Å². The number of nitrogen functional groups attached to an aromatic ring is 2. The second-order valence-corrected chi connectivity index (χ2v) is 4.87. The molecule has 0 spiro atoms. The van der Waals surface area contributed by atoms with Gasteiger partial charge in [0.25, 0.3) is 5.56 Å². The zero-order chi connectivity index (χ0) is 16.2. The van der Waals surface area contributed by atoms with Gasteiger partial charge in [-0.05, 0) is 0 Å². The van der Waals surface area contributed by atoms with Crippen molar-refractivity contribution in [3.63, 3.8) is 0 Å². The number of ether oxygens (including phenoxy) is 1. The number of nitrogens with zero attached hydrogens (tertiary/aromatic N) is 3. The first-order valence-corrected chi connectivity index (χ1v) is 6.27. The number of hydrogen-bond acceptors (Lipinski definition) is 9. The predicted octanol–water partition coefficient (Wildman–Crippen LogP) is -4.21. The van der Waals surface area contributed by atoms with Crippen LogP contribution in [0.15, 0.2) is 9.59 Å². The van der Waals surface area contributed by atoms with Crippen LogP contribution in [0.5, 0.6) is 0 Å². The fourth-order valence-electron chi connectivity index (χ4n) is 2.41. The Morgan fingerprint density at radius 2 is 2.00 bits per heavy atom. The number of fused-ring (bicyclic) bond motifs is 1. The molecule has 120 valence electrons. The van der Waals surface area contributed by atoms with Crippen molar-refractivity contribution in [1.82, 2.24) is 19.2 Å². The monoisotopic (exact) mass is 314 g/mol. The van der Waals surface area contributed by atoms with E-state index in [1.54, 1.807) is 0 Å². The molecular weight excluding hydrogens is 300 g/mol. The summed E-state index contributed by atoms with van der Waals surface area (Å²) in [7, 11) is 0. The third-order valence-electron chi connectivity index (χ3n) is 3.57. The molecule has 2 aromatic heterocycles. The van der Waals surface area contributed by atoms with Crippen LogP contribution in [0.1, 0.15) is 6.23 Å². The zero-order valence-corrected chi connectivity index (χ0v) is 11.1. The Balaban J connectivity index is 2.22. The van der Waals surface area contributed by atoms with Gasteiger partial charge in [-0.3, -0.25) is 9.78 Å². The summed E-state index contributed by atoms with van der Waals surface area (Å²) in [5.74, 6) is 5.04. The van der Waals surface area contributed by atoms with E-state index in [0.717, 1.165) is 4.57 Å². The van der Waals surface area contributed by atoms with E-state index in [2.05, 4.69) is 9.97 Å². The van der Waals surface area contributed by atoms with Crippen molar-refractivity contribution < 1.29 is 20.1 Å². The van der Waals surface area contributed by atoms with Crippen LogP contribution in [0.25, 0.3) is 11.2 Å². The number of anilines is 1. The molecule has 1 fully saturated rings. The molecule has 12 nitrogen and oxygen atoms in total. The van der Waals surface area contributed by atoms with Gasteiger partial charge in [-0.15, -0.1) is 0 Å². The molecule has 0 saturated carbocycles. The maximum Gasteiger partial charge on any atom is 0.330 e. The van der Waals surface area contributed by atoms with E-state index < -0.39 is 42.4 Å². The topological polar surface area (TPSA) is 195 Å². The largest absolute Gasteiger partial charge is 0.394 e. The average molecular weight is 314 g/mol. The molecule has 22 heavy (non-hydrogen) atoms. The summed E-state index contributed by atoms with van der Waals surface area (Å²) in [4.78, 5) is 30.1. The van der Waals surface area contributed by atoms with Gasteiger partial charge < -0.3 is 31.6 Å². The number of imidazole rings is 1. The minimum absolute atomic E-state index is 0.177. The second-order valence-electron chi connectivity index (χ2n) is 4.87. The van der Waals surface area contributed by atoms with Gasteiger partial charge in [-0.25, -0.2) is 9.36 Å². The van der Waals surface area contributed by atoms with Crippen molar-refractivity contribution >= 4 is 17.1 Å². The Morgan fingerprint density at radius 3 is 2.59 bits per heavy atom. The molecule has 0 bridgehead atoms. The van der Waals surface area contributed by atoms with Crippen LogP contribution < -0.4 is 22.8 Å². The van der Waals surface area contributed by atoms with Crippen LogP contribution in [-0.2, 0) is 4.74 Å². The molecule has 1 aliphatic rings. The van der Waals surface area contributed by atoms with E-state index in [1.807, 2.05) is 0 Å². The van der Waals surface area contributed by atoms with E-state index in [1.165, 1.54) is 0 Å². The lowest BCUT2D eigenvalue weighted by Crippen LogP contribution is -2.35. The molecule has 2 aromatic rings. The molecular formula is C10H14N6O6. The van der Waals surface area contributed by atoms with E-state index in [4.69, 9.17) is 21.4 Å². The Kier molecular flexibility index (Phi) is 3.17. The van der Waals surface area contributed by atoms with E-state index in [9.17, 15) is 19.8 Å². The molecule has 0 amide bonds. The van der Waals surface area contributed by atoms with Gasteiger partial charge in [0.1, 0.15) is 18.3 Å². The van der Waals surface area contributed by atoms with Crippen molar-refractivity contribution in [2.75, 3.05) is 18.2 Å². The van der Waals surface area contributed by atoms with Crippen LogP contribution in [-0.4, -0.2) is 59.4 Å². The summed E-state index contributed by atoms with van der Waals surface area (Å²) in [6.45, 7) is -0.559. The number of hydrogen-bond donors (Lipinski definition) is 6. The van der Waals surface area contributed by atoms with Crippen molar-refractivity contribution in [3.8, 4) is 0 Å². The standard InChI is InChI=1S/C10H14N6O6/c11-9-14-6-3(7(20)16(9)12)13-10(21)15(6)8-5(19)4(18)2(1-17)22-8/h2,4-5,8,17-19H,1,12H2,(H2,11,14)(H,13,21)/t2-,4?,5+,8-/m1/s1. The van der Waals surface area contributed by atoms with Crippen LogP contribution >= 0.6 is 0 Å². The molecule has 3 rings (SSSR count). The van der Waals surface area contributed by atoms with E-state index in [-0.39, 0.29) is 17.1 Å². The molecule has 0 radical (unpaired) electrons. The van der Waals surface area contributed by atoms with Gasteiger partial charge >= 0.3 is 5.69 Å². The Bertz CT molecular complexity index is 839. The first-order valence-electron chi connectivity index (χ1n) is 6.27. The van der Waals surface area contributed by atoms with Crippen LogP contribution in [0.3, 0.4) is 0 Å². The SMILES string of the molecule is Nc1nc2c([nH]c(=O)n2[C@@H]2O[C@H](CO)C(O)[C@@H]2O)c(=O)n1N. The lowest BCUT2D eigenvalue weighted by atomic mass is 10.1. The molecule has 1 unspecified atom stereocenters. The van der Waals surface area contributed by atoms with Crippen molar-refractivity contribution in [2.45, 2.75) is 24.5 Å². The molecule has 1 aliphatic heterocycles. The lowest BCUT2D eigenvalue weighted by Gasteiger charge is -2.15. The lowest BCUT2D eigenvalue weighted by molar-refractivity contribution is -0.0524. The molecule has 0 aliphatic carbocycles. The zero-order valence-electron chi connectivity index (χ0n) is 11.1. The number of aliphatic hydroxyl groups is 3. The summed E-state index contributed by atoms with van der Waals surface area (Å²) in [5, 5.41) is 28.8. The minimum Gasteiger partial charge on any atom is -0.394 e. The fourth-order valence-corrected chi connectivity index (χ4v) is 2.41. The van der Waals surface area contributed by atoms with Gasteiger partial charge in [0, 0.05) is 0 Å². The van der Waals surface area contributed by atoms with Gasteiger partial charge in [0.15, 0.2) is 17.4 Å². The summed E-state index contributed by atoms with van der Waals surface area (Å²) >= 11 is 0. The molecule has 0 aromatic carbocycles. The van der Waals surface area contributed by atoms with Gasteiger partial charge in [0.2, 0.25) is 5.95 Å². The molecule has 12 heteroatoms. The van der Waals surface area contributed by atoms with Gasteiger partial charge in [-0.1, -0.05) is 0 Å². The number of aromatic amines is 1. The van der Waals surface area contributed by atoms with Gasteiger partial charge in [0.05, 0.1) is 6.61 Å². The Hall–Kier alpha value is -2.41. The highest BCUT2D eigenvalue weighted by molar-refractivity contribution is 5.71. The Morgan fingerprint density at radius 1 is 1.32 bits per heavy atom. The predicted molar refractivity (Wildman–Crippen MR) is 72.2 cm³/mol. The van der Waals surface area contributed by atoms with Crippen LogP contribution in [0.2, 0.25) is 0 Å². The first kappa shape index (κ1) is 14.5. The summed E-state index contributed by atoms with van der Waals surface area (Å²) < 4.78 is 6.65. The summed E-state index contributed by atoms with van der Waals surface area (Å²) in [6, 6.07) is 0. The third-order valence-corrected chi connectivity index (χ3v) is 3.57. The fraction of sp³-hybridized carbons (Fsp3) is 0.500. The number of nitrogens with one attached hydrogen (secondary N) is 1. The quantitative estimate of drug-likeness (QED) is 0.298. The van der Waals surface area contributed by atoms with Crippen molar-refractivity contribution in [3.05, 3.63) is 20.8 Å². The second kappa shape index (κ2) is 4.81. The van der Waals surface area contributed by atoms with Gasteiger partial charge in [-0.2, -0.15) is 9.66 Å². The van der Waals surface area contributed by atoms with Crippen molar-refractivity contribution in [1.29, 1.82) is 0 Å². The normalized spacial score (nSPS) is 28.5. The third kappa shape index (κ3) is 1.82. The van der Waals surface area contributed by atoms with Crippen LogP contribution in [0.4, 0.5) is 5.95 Å². The average Bonchev–Trinajstić information content (AvgIpc) is 2.95. The highest BCUT2D eigenvalue weighted by Gasteiger charge is 2.44. The number of aromatic nitrogens is 4. The number of H-pyrrole nitrogens is 1. The smallest absolute Gasteiger partial charge is 0.330 e. The highest BCUT2D eigenvalue weighted by atomic mass is 16.6. The van der Waals surface area contributed by atoms with E-state index >= 15 is 0 Å². The molecule has 4 atom stereocenters. The van der Waals surface area contributed by atoms with Crippen LogP contribution in [0, 0.1) is 0 Å². The number of rotatable bonds is 2. The maximum absolute atomic E-state index is 12.1. The maximum atomic E-state index is 12.1. The first-order chi connectivity index (χ1) is 10.4. The number of nitrogens with two attached hydrogens (primary N) is 2. The molecule has 3 heterocycles. The highest BCUT2D eigenvalue weighted by Crippen LogP contribution is 2.29. The molecule has 8 N–H and O–H groups in total. The number of aliphatic hydroxyl groups excluding tert-OH is 3. The van der Waals surface area contributed by atoms with E-state index in [0.29, 0.717) is 4.68 Å². The minimum atomic E-state index is -1.50. The van der Waals surface area contributed by atoms with Crippen molar-refractivity contribution in [2.24, 2.45) is 0 Å². The summed E-state index contributed by atoms with van der Waals surface area (Å²) in [5.41, 5.74) is 3.49. The summed E-state index contributed by atoms with van der Waals surface area (Å²) in [6.07, 6.45) is -5.33.